The van der Waals surface area contributed by atoms with E-state index in [9.17, 15) is 46.8 Å². The summed E-state index contributed by atoms with van der Waals surface area (Å²) in [7, 11) is -4.65. The largest absolute Gasteiger partial charge is 0.494 e. The average Bonchev–Trinajstić information content (AvgIpc) is 3.10. The number of hydrogen-bond donors (Lipinski definition) is 5. The second-order valence-electron chi connectivity index (χ2n) is 12.2. The fourth-order valence-corrected chi connectivity index (χ4v) is 6.29. The molecule has 53 heavy (non-hydrogen) atoms. The van der Waals surface area contributed by atoms with Crippen LogP contribution in [-0.2, 0) is 24.5 Å². The second-order valence-corrected chi connectivity index (χ2v) is 13.7. The molecule has 2 heterocycles. The molecule has 16 nitrogen and oxygen atoms in total. The lowest BCUT2D eigenvalue weighted by atomic mass is 10.1. The van der Waals surface area contributed by atoms with Gasteiger partial charge in [0.25, 0.3) is 27.5 Å². The number of H-pyrrole nitrogens is 1. The van der Waals surface area contributed by atoms with Crippen LogP contribution < -0.4 is 26.8 Å². The van der Waals surface area contributed by atoms with Gasteiger partial charge < -0.3 is 14.9 Å². The number of allylic oxidation sites excluding steroid dienone is 4. The minimum atomic E-state index is -4.65. The SMILES string of the molecule is CC[N+](CC)(CC)CCCC(=O)Nc1cccc(N2C(=O)NC(=O)C(=CC=C(C)C=Cc3c(O)[nH]c(=O)n(-c4cccc(S(=O)(=O)O)c4)c3=O)C2=O)c1. The molecule has 0 bridgehead atoms. The quantitative estimate of drug-likeness (QED) is 0.0532. The Morgan fingerprint density at radius 3 is 2.28 bits per heavy atom. The summed E-state index contributed by atoms with van der Waals surface area (Å²) in [5.74, 6) is -2.90. The third kappa shape index (κ3) is 9.31. The number of aromatic hydroxyl groups is 1. The zero-order valence-corrected chi connectivity index (χ0v) is 30.4. The number of quaternary nitrogens is 1. The van der Waals surface area contributed by atoms with Crippen molar-refractivity contribution in [1.29, 1.82) is 0 Å². The van der Waals surface area contributed by atoms with Gasteiger partial charge in [0, 0.05) is 18.5 Å². The van der Waals surface area contributed by atoms with E-state index in [0.29, 0.717) is 22.2 Å². The van der Waals surface area contributed by atoms with E-state index in [-0.39, 0.29) is 23.7 Å². The number of urea groups is 1. The average molecular weight is 750 g/mol. The molecule has 0 atom stereocenters. The number of anilines is 2. The first-order valence-corrected chi connectivity index (χ1v) is 18.2. The minimum absolute atomic E-state index is 0.106. The molecule has 1 aromatic heterocycles. The number of carbonyl (C=O) groups is 4. The van der Waals surface area contributed by atoms with E-state index >= 15 is 0 Å². The third-order valence-electron chi connectivity index (χ3n) is 9.06. The smallest absolute Gasteiger partial charge is 0.335 e. The highest BCUT2D eigenvalue weighted by atomic mass is 32.2. The summed E-state index contributed by atoms with van der Waals surface area (Å²) in [5.41, 5.74) is -2.30. The first kappa shape index (κ1) is 39.9. The Kier molecular flexibility index (Phi) is 12.5. The van der Waals surface area contributed by atoms with Crippen LogP contribution in [0.15, 0.2) is 92.4 Å². The summed E-state index contributed by atoms with van der Waals surface area (Å²) in [5, 5.41) is 15.2. The van der Waals surface area contributed by atoms with Crippen molar-refractivity contribution in [3.8, 4) is 11.6 Å². The molecule has 1 fully saturated rings. The summed E-state index contributed by atoms with van der Waals surface area (Å²) in [6.07, 6.45) is 5.95. The van der Waals surface area contributed by atoms with Gasteiger partial charge in [0.2, 0.25) is 11.8 Å². The van der Waals surface area contributed by atoms with Crippen molar-refractivity contribution in [1.82, 2.24) is 14.9 Å². The fourth-order valence-electron chi connectivity index (χ4n) is 5.77. The molecule has 4 rings (SSSR count). The van der Waals surface area contributed by atoms with E-state index in [1.165, 1.54) is 43.3 Å². The third-order valence-corrected chi connectivity index (χ3v) is 9.90. The number of benzene rings is 2. The monoisotopic (exact) mass is 749 g/mol. The number of carbonyl (C=O) groups excluding carboxylic acids is 4. The topological polar surface area (TPSA) is 225 Å². The van der Waals surface area contributed by atoms with Gasteiger partial charge in [-0.15, -0.1) is 0 Å². The molecular formula is C36H41N6O10S+. The lowest BCUT2D eigenvalue weighted by molar-refractivity contribution is -0.923. The molecule has 0 radical (unpaired) electrons. The normalized spacial score (nSPS) is 15.0. The Morgan fingerprint density at radius 2 is 1.62 bits per heavy atom. The van der Waals surface area contributed by atoms with Gasteiger partial charge in [-0.25, -0.2) is 19.1 Å². The Labute approximate surface area is 305 Å². The molecule has 17 heteroatoms. The molecule has 1 aliphatic heterocycles. The molecular weight excluding hydrogens is 708 g/mol. The van der Waals surface area contributed by atoms with Crippen LogP contribution in [0.5, 0.6) is 5.88 Å². The predicted octanol–water partition coefficient (Wildman–Crippen LogP) is 3.24. The van der Waals surface area contributed by atoms with E-state index < -0.39 is 61.1 Å². The number of rotatable bonds is 14. The van der Waals surface area contributed by atoms with Gasteiger partial charge >= 0.3 is 11.7 Å². The van der Waals surface area contributed by atoms with Gasteiger partial charge in [0.1, 0.15) is 11.1 Å². The van der Waals surface area contributed by atoms with Gasteiger partial charge in [-0.05, 0) is 76.2 Å². The van der Waals surface area contributed by atoms with Gasteiger partial charge in [0.15, 0.2) is 0 Å². The van der Waals surface area contributed by atoms with Crippen molar-refractivity contribution < 1.29 is 41.7 Å². The maximum atomic E-state index is 13.4. The first-order chi connectivity index (χ1) is 25.0. The van der Waals surface area contributed by atoms with E-state index in [2.05, 4.69) is 36.4 Å². The van der Waals surface area contributed by atoms with Crippen molar-refractivity contribution in [3.05, 3.63) is 104 Å². The molecule has 280 valence electrons. The molecule has 0 saturated carbocycles. The van der Waals surface area contributed by atoms with Crippen LogP contribution in [-0.4, -0.2) is 82.0 Å². The Hall–Kier alpha value is -5.91. The molecule has 1 aliphatic rings. The highest BCUT2D eigenvalue weighted by Crippen LogP contribution is 2.24. The van der Waals surface area contributed by atoms with Crippen LogP contribution in [0.1, 0.15) is 46.1 Å². The number of nitrogens with zero attached hydrogens (tertiary/aromatic N) is 3. The number of hydrogen-bond acceptors (Lipinski definition) is 9. The number of imide groups is 2. The van der Waals surface area contributed by atoms with Crippen LogP contribution in [0.4, 0.5) is 16.2 Å². The van der Waals surface area contributed by atoms with Crippen LogP contribution in [0.2, 0.25) is 0 Å². The van der Waals surface area contributed by atoms with Crippen LogP contribution >= 0.6 is 0 Å². The summed E-state index contributed by atoms with van der Waals surface area (Å²) < 4.78 is 34.0. The van der Waals surface area contributed by atoms with Crippen LogP contribution in [0.25, 0.3) is 11.8 Å². The van der Waals surface area contributed by atoms with Gasteiger partial charge in [-0.1, -0.05) is 29.9 Å². The van der Waals surface area contributed by atoms with Crippen molar-refractivity contribution >= 4 is 51.3 Å². The van der Waals surface area contributed by atoms with Gasteiger partial charge in [-0.3, -0.25) is 34.0 Å². The van der Waals surface area contributed by atoms with E-state index in [1.54, 1.807) is 12.1 Å². The number of aromatic amines is 1. The second kappa shape index (κ2) is 16.6. The Balaban J connectivity index is 1.54. The predicted molar refractivity (Wildman–Crippen MR) is 197 cm³/mol. The Bertz CT molecular complexity index is 2260. The number of amides is 5. The molecule has 0 unspecified atom stereocenters. The highest BCUT2D eigenvalue weighted by molar-refractivity contribution is 7.85. The van der Waals surface area contributed by atoms with E-state index in [1.807, 2.05) is 0 Å². The van der Waals surface area contributed by atoms with Crippen LogP contribution in [0.3, 0.4) is 0 Å². The number of aromatic nitrogens is 2. The first-order valence-electron chi connectivity index (χ1n) is 16.7. The maximum absolute atomic E-state index is 13.4. The van der Waals surface area contributed by atoms with Crippen molar-refractivity contribution in [2.24, 2.45) is 0 Å². The lowest BCUT2D eigenvalue weighted by Crippen LogP contribution is -2.54. The van der Waals surface area contributed by atoms with Crippen molar-refractivity contribution in [3.63, 3.8) is 0 Å². The molecule has 2 aromatic carbocycles. The van der Waals surface area contributed by atoms with E-state index in [0.717, 1.165) is 59.8 Å². The molecule has 1 saturated heterocycles. The summed E-state index contributed by atoms with van der Waals surface area (Å²) in [4.78, 5) is 79.7. The van der Waals surface area contributed by atoms with E-state index in [4.69, 9.17) is 0 Å². The highest BCUT2D eigenvalue weighted by Gasteiger charge is 2.36. The molecule has 0 spiro atoms. The summed E-state index contributed by atoms with van der Waals surface area (Å²) in [6.45, 7) is 11.7. The molecule has 5 amide bonds. The van der Waals surface area contributed by atoms with Gasteiger partial charge in [-0.2, -0.15) is 8.42 Å². The molecule has 0 aliphatic carbocycles. The standard InChI is InChI=1S/C36H40N6O10S/c1-5-42(6-2,7-3)20-10-15-30(43)37-24-11-8-12-25(21-24)40-33(46)28(31(44)38-35(40)48)18-16-23(4)17-19-29-32(45)39-36(49)41(34(29)47)26-13-9-14-27(22-26)53(50,51)52/h8-9,11-14,16-19,21-22H,5-7,10,15,20H2,1-4H3,(H4-,37,38,39,43,44,45,46,47,48,49,50,51,52)/p+1. The van der Waals surface area contributed by atoms with Crippen molar-refractivity contribution in [2.75, 3.05) is 36.4 Å². The Morgan fingerprint density at radius 1 is 0.962 bits per heavy atom. The van der Waals surface area contributed by atoms with Crippen molar-refractivity contribution in [2.45, 2.75) is 45.4 Å². The number of barbiturate groups is 1. The van der Waals surface area contributed by atoms with Gasteiger partial charge in [0.05, 0.1) is 42.4 Å². The molecule has 5 N–H and O–H groups in total. The summed E-state index contributed by atoms with van der Waals surface area (Å²) in [6, 6.07) is 9.52. The molecule has 3 aromatic rings. The lowest BCUT2D eigenvalue weighted by Gasteiger charge is -2.35. The zero-order valence-electron chi connectivity index (χ0n) is 29.6. The minimum Gasteiger partial charge on any atom is -0.494 e. The fraction of sp³-hybridized carbons (Fsp3) is 0.278. The zero-order chi connectivity index (χ0) is 39.1. The maximum Gasteiger partial charge on any atom is 0.335 e. The summed E-state index contributed by atoms with van der Waals surface area (Å²) >= 11 is 0. The number of nitrogens with one attached hydrogen (secondary N) is 3. The van der Waals surface area contributed by atoms with Crippen LogP contribution in [0, 0.1) is 0 Å².